The summed E-state index contributed by atoms with van der Waals surface area (Å²) in [7, 11) is 0. The summed E-state index contributed by atoms with van der Waals surface area (Å²) in [4.78, 5) is 33.3. The lowest BCUT2D eigenvalue weighted by molar-refractivity contribution is -0.384. The summed E-state index contributed by atoms with van der Waals surface area (Å²) in [6, 6.07) is 11.1. The second-order valence-electron chi connectivity index (χ2n) is 5.84. The molecule has 0 atom stereocenters. The van der Waals surface area contributed by atoms with Crippen molar-refractivity contribution in [3.63, 3.8) is 0 Å². The van der Waals surface area contributed by atoms with Crippen molar-refractivity contribution in [1.29, 1.82) is 0 Å². The van der Waals surface area contributed by atoms with E-state index in [4.69, 9.17) is 12.2 Å². The Morgan fingerprint density at radius 3 is 2.39 bits per heavy atom. The summed E-state index contributed by atoms with van der Waals surface area (Å²) < 4.78 is 0. The summed E-state index contributed by atoms with van der Waals surface area (Å²) in [5.41, 5.74) is 2.76. The maximum atomic E-state index is 12.0. The molecule has 144 valence electrons. The van der Waals surface area contributed by atoms with E-state index in [0.29, 0.717) is 16.9 Å². The van der Waals surface area contributed by atoms with Crippen molar-refractivity contribution in [2.24, 2.45) is 0 Å². The summed E-state index contributed by atoms with van der Waals surface area (Å²) in [6.45, 7) is 3.28. The maximum absolute atomic E-state index is 12.0. The van der Waals surface area contributed by atoms with Crippen LogP contribution in [0.1, 0.15) is 18.1 Å². The molecule has 2 amide bonds. The van der Waals surface area contributed by atoms with Crippen LogP contribution in [0.15, 0.2) is 48.5 Å². The number of benzene rings is 2. The molecule has 2 rings (SSSR count). The number of nitrogens with one attached hydrogen (secondary N) is 3. The van der Waals surface area contributed by atoms with Gasteiger partial charge in [-0.05, 0) is 60.6 Å². The molecule has 0 saturated carbocycles. The van der Waals surface area contributed by atoms with Crippen LogP contribution in [0.5, 0.6) is 0 Å². The summed E-state index contributed by atoms with van der Waals surface area (Å²) in [6.07, 6.45) is 2.79. The topological polar surface area (TPSA) is 113 Å². The Kier molecular flexibility index (Phi) is 6.94. The van der Waals surface area contributed by atoms with Gasteiger partial charge in [-0.2, -0.15) is 0 Å². The molecule has 28 heavy (non-hydrogen) atoms. The highest BCUT2D eigenvalue weighted by atomic mass is 32.1. The van der Waals surface area contributed by atoms with E-state index < -0.39 is 10.8 Å². The number of carbonyl (C=O) groups excluding carboxylic acids is 2. The van der Waals surface area contributed by atoms with Crippen molar-refractivity contribution >= 4 is 52.3 Å². The average molecular weight is 398 g/mol. The van der Waals surface area contributed by atoms with Gasteiger partial charge in [0.25, 0.3) is 5.69 Å². The highest BCUT2D eigenvalue weighted by Crippen LogP contribution is 2.20. The number of hydrogen-bond acceptors (Lipinski definition) is 5. The molecule has 0 bridgehead atoms. The number of hydrogen-bond donors (Lipinski definition) is 3. The second kappa shape index (κ2) is 9.38. The summed E-state index contributed by atoms with van der Waals surface area (Å²) >= 11 is 5.11. The van der Waals surface area contributed by atoms with Crippen LogP contribution < -0.4 is 16.0 Å². The number of nitro groups is 1. The zero-order valence-corrected chi connectivity index (χ0v) is 16.0. The van der Waals surface area contributed by atoms with E-state index in [-0.39, 0.29) is 16.7 Å². The normalized spacial score (nSPS) is 10.4. The molecule has 2 aromatic carbocycles. The van der Waals surface area contributed by atoms with Gasteiger partial charge >= 0.3 is 0 Å². The zero-order chi connectivity index (χ0) is 20.7. The minimum Gasteiger partial charge on any atom is -0.332 e. The van der Waals surface area contributed by atoms with Crippen molar-refractivity contribution in [2.75, 3.05) is 10.6 Å². The van der Waals surface area contributed by atoms with E-state index in [1.54, 1.807) is 12.1 Å². The van der Waals surface area contributed by atoms with Gasteiger partial charge in [-0.3, -0.25) is 25.0 Å². The van der Waals surface area contributed by atoms with Crippen LogP contribution in [-0.4, -0.2) is 21.9 Å². The van der Waals surface area contributed by atoms with Gasteiger partial charge in [0, 0.05) is 36.5 Å². The van der Waals surface area contributed by atoms with E-state index in [1.807, 2.05) is 13.0 Å². The molecule has 0 aliphatic carbocycles. The Bertz CT molecular complexity index is 955. The number of carbonyl (C=O) groups is 2. The van der Waals surface area contributed by atoms with Gasteiger partial charge in [-0.15, -0.1) is 0 Å². The molecular formula is C19H18N4O4S. The standard InChI is InChI=1S/C19H18N4O4S/c1-12-3-7-15(11-17(12)20-13(2)24)21-19(28)22-18(25)10-6-14-4-8-16(9-5-14)23(26)27/h3-11H,1-2H3,(H,20,24)(H2,21,22,25,28)/b10-6+. The van der Waals surface area contributed by atoms with Crippen LogP contribution in [0, 0.1) is 17.0 Å². The van der Waals surface area contributed by atoms with Crippen molar-refractivity contribution in [2.45, 2.75) is 13.8 Å². The average Bonchev–Trinajstić information content (AvgIpc) is 2.62. The number of anilines is 2. The Labute approximate surface area is 166 Å². The molecule has 3 N–H and O–H groups in total. The predicted octanol–water partition coefficient (Wildman–Crippen LogP) is 3.39. The molecule has 0 unspecified atom stereocenters. The molecule has 2 aromatic rings. The smallest absolute Gasteiger partial charge is 0.269 e. The lowest BCUT2D eigenvalue weighted by Crippen LogP contribution is -2.32. The number of thiocarbonyl (C=S) groups is 1. The van der Waals surface area contributed by atoms with E-state index in [9.17, 15) is 19.7 Å². The second-order valence-corrected chi connectivity index (χ2v) is 6.24. The van der Waals surface area contributed by atoms with Crippen LogP contribution in [0.4, 0.5) is 17.1 Å². The van der Waals surface area contributed by atoms with E-state index in [1.165, 1.54) is 43.3 Å². The first kappa shape index (κ1) is 20.7. The minimum absolute atomic E-state index is 0.0243. The van der Waals surface area contributed by atoms with Gasteiger partial charge in [0.15, 0.2) is 5.11 Å². The fourth-order valence-corrected chi connectivity index (χ4v) is 2.44. The van der Waals surface area contributed by atoms with Crippen molar-refractivity contribution in [3.8, 4) is 0 Å². The van der Waals surface area contributed by atoms with E-state index in [2.05, 4.69) is 16.0 Å². The SMILES string of the molecule is CC(=O)Nc1cc(NC(=S)NC(=O)/C=C/c2ccc([N+](=O)[O-])cc2)ccc1C. The van der Waals surface area contributed by atoms with Crippen LogP contribution in [-0.2, 0) is 9.59 Å². The molecule has 0 aromatic heterocycles. The lowest BCUT2D eigenvalue weighted by atomic mass is 10.2. The van der Waals surface area contributed by atoms with Crippen molar-refractivity contribution in [3.05, 3.63) is 69.8 Å². The van der Waals surface area contributed by atoms with E-state index >= 15 is 0 Å². The van der Waals surface area contributed by atoms with Gasteiger partial charge in [0.05, 0.1) is 4.92 Å². The largest absolute Gasteiger partial charge is 0.332 e. The number of amides is 2. The van der Waals surface area contributed by atoms with Gasteiger partial charge in [0.2, 0.25) is 11.8 Å². The zero-order valence-electron chi connectivity index (χ0n) is 15.2. The third-order valence-corrected chi connectivity index (χ3v) is 3.78. The van der Waals surface area contributed by atoms with Gasteiger partial charge < -0.3 is 10.6 Å². The Morgan fingerprint density at radius 2 is 1.79 bits per heavy atom. The molecule has 0 heterocycles. The number of nitrogens with zero attached hydrogens (tertiary/aromatic N) is 1. The summed E-state index contributed by atoms with van der Waals surface area (Å²) in [5, 5.41) is 18.8. The fraction of sp³-hybridized carbons (Fsp3) is 0.105. The number of non-ortho nitro benzene ring substituents is 1. The number of nitro benzene ring substituents is 1. The fourth-order valence-electron chi connectivity index (χ4n) is 2.22. The third kappa shape index (κ3) is 6.29. The summed E-state index contributed by atoms with van der Waals surface area (Å²) in [5.74, 6) is -0.641. The Balaban J connectivity index is 1.94. The molecule has 0 aliphatic heterocycles. The molecule has 0 spiro atoms. The Hall–Kier alpha value is -3.59. The number of aryl methyl sites for hydroxylation is 1. The maximum Gasteiger partial charge on any atom is 0.269 e. The van der Waals surface area contributed by atoms with Crippen LogP contribution in [0.2, 0.25) is 0 Å². The molecule has 0 fully saturated rings. The minimum atomic E-state index is -0.493. The molecule has 0 aliphatic rings. The van der Waals surface area contributed by atoms with Crippen molar-refractivity contribution < 1.29 is 14.5 Å². The van der Waals surface area contributed by atoms with Crippen LogP contribution in [0.25, 0.3) is 6.08 Å². The molecular weight excluding hydrogens is 380 g/mol. The van der Waals surface area contributed by atoms with Gasteiger partial charge in [-0.25, -0.2) is 0 Å². The van der Waals surface area contributed by atoms with Gasteiger partial charge in [-0.1, -0.05) is 6.07 Å². The van der Waals surface area contributed by atoms with Crippen molar-refractivity contribution in [1.82, 2.24) is 5.32 Å². The molecule has 0 radical (unpaired) electrons. The highest BCUT2D eigenvalue weighted by Gasteiger charge is 2.06. The Morgan fingerprint density at radius 1 is 1.11 bits per heavy atom. The quantitative estimate of drug-likeness (QED) is 0.308. The first-order valence-corrected chi connectivity index (χ1v) is 8.58. The molecule has 9 heteroatoms. The lowest BCUT2D eigenvalue weighted by Gasteiger charge is -2.12. The molecule has 8 nitrogen and oxygen atoms in total. The monoisotopic (exact) mass is 398 g/mol. The highest BCUT2D eigenvalue weighted by molar-refractivity contribution is 7.80. The predicted molar refractivity (Wildman–Crippen MR) is 112 cm³/mol. The van der Waals surface area contributed by atoms with E-state index in [0.717, 1.165) is 5.56 Å². The van der Waals surface area contributed by atoms with Crippen LogP contribution in [0.3, 0.4) is 0 Å². The first-order valence-electron chi connectivity index (χ1n) is 8.17. The van der Waals surface area contributed by atoms with Crippen LogP contribution >= 0.6 is 12.2 Å². The number of rotatable bonds is 5. The molecule has 0 saturated heterocycles. The first-order chi connectivity index (χ1) is 13.2. The third-order valence-electron chi connectivity index (χ3n) is 3.57. The van der Waals surface area contributed by atoms with Gasteiger partial charge in [0.1, 0.15) is 0 Å².